The standard InChI is InChI=1S/C35H48O24/c1-13(36)46-10-23-26(28(52-17(5)40)30(33(45)57-23)54-19(7)42)59-35-32(56-21(9)44)29(53-18(6)41)25(50-15(3)38)24(58-35)12-48-34-31(55-20(8)43)27(51-16(4)39)22(11-47-34)49-14(2)37/h22-35,45H,10-12H2,1-9H3/t22-,23-,24-,25-,26-,27+,28+,29+,30-,31-,32-,33-,34-,35+/m1/s1. The maximum atomic E-state index is 12.6. The van der Waals surface area contributed by atoms with Crippen molar-refractivity contribution in [3.05, 3.63) is 0 Å². The summed E-state index contributed by atoms with van der Waals surface area (Å²) in [6, 6.07) is 0. The van der Waals surface area contributed by atoms with Gasteiger partial charge in [-0.15, -0.1) is 0 Å². The molecule has 3 saturated heterocycles. The van der Waals surface area contributed by atoms with Crippen LogP contribution >= 0.6 is 0 Å². The summed E-state index contributed by atoms with van der Waals surface area (Å²) in [7, 11) is 0. The lowest BCUT2D eigenvalue weighted by molar-refractivity contribution is -0.361. The zero-order chi connectivity index (χ0) is 44.3. The highest BCUT2D eigenvalue weighted by Crippen LogP contribution is 2.35. The second-order valence-corrected chi connectivity index (χ2v) is 13.2. The molecular formula is C35H48O24. The van der Waals surface area contributed by atoms with Crippen LogP contribution in [0.1, 0.15) is 62.3 Å². The van der Waals surface area contributed by atoms with E-state index >= 15 is 0 Å². The molecule has 0 aromatic carbocycles. The zero-order valence-electron chi connectivity index (χ0n) is 33.5. The largest absolute Gasteiger partial charge is 0.463 e. The van der Waals surface area contributed by atoms with Gasteiger partial charge in [0.25, 0.3) is 0 Å². The summed E-state index contributed by atoms with van der Waals surface area (Å²) >= 11 is 0. The van der Waals surface area contributed by atoms with E-state index in [0.717, 1.165) is 62.3 Å². The fourth-order valence-electron chi connectivity index (χ4n) is 6.33. The summed E-state index contributed by atoms with van der Waals surface area (Å²) in [5.74, 6) is -8.23. The molecule has 14 atom stereocenters. The molecule has 0 amide bonds. The van der Waals surface area contributed by atoms with Crippen LogP contribution in [0.5, 0.6) is 0 Å². The Bertz CT molecular complexity index is 1560. The molecule has 3 aliphatic heterocycles. The first kappa shape index (κ1) is 48.4. The zero-order valence-corrected chi connectivity index (χ0v) is 33.5. The Morgan fingerprint density at radius 2 is 0.847 bits per heavy atom. The summed E-state index contributed by atoms with van der Waals surface area (Å²) in [6.07, 6.45) is -23.6. The number of aliphatic hydroxyl groups excluding tert-OH is 1. The lowest BCUT2D eigenvalue weighted by Crippen LogP contribution is -2.67. The summed E-state index contributed by atoms with van der Waals surface area (Å²) in [5.41, 5.74) is 0. The van der Waals surface area contributed by atoms with Gasteiger partial charge < -0.3 is 71.4 Å². The molecule has 0 aromatic rings. The molecule has 0 saturated carbocycles. The molecule has 0 unspecified atom stereocenters. The quantitative estimate of drug-likeness (QED) is 0.140. The molecule has 0 radical (unpaired) electrons. The summed E-state index contributed by atoms with van der Waals surface area (Å²) in [5, 5.41) is 10.8. The Hall–Kier alpha value is -5.01. The van der Waals surface area contributed by atoms with Crippen molar-refractivity contribution < 1.29 is 115 Å². The minimum absolute atomic E-state index is 0.451. The highest BCUT2D eigenvalue weighted by atomic mass is 16.8. The van der Waals surface area contributed by atoms with Gasteiger partial charge in [-0.2, -0.15) is 0 Å². The molecule has 24 heteroatoms. The molecule has 3 fully saturated rings. The first-order valence-corrected chi connectivity index (χ1v) is 18.0. The Balaban J connectivity index is 2.14. The number of esters is 9. The third kappa shape index (κ3) is 14.3. The number of aliphatic hydroxyl groups is 1. The minimum atomic E-state index is -1.99. The number of carbonyl (C=O) groups excluding carboxylic acids is 9. The molecule has 24 nitrogen and oxygen atoms in total. The van der Waals surface area contributed by atoms with Gasteiger partial charge in [-0.25, -0.2) is 0 Å². The van der Waals surface area contributed by atoms with Gasteiger partial charge in [-0.1, -0.05) is 0 Å². The van der Waals surface area contributed by atoms with E-state index in [0.29, 0.717) is 0 Å². The van der Waals surface area contributed by atoms with Crippen molar-refractivity contribution in [3.63, 3.8) is 0 Å². The summed E-state index contributed by atoms with van der Waals surface area (Å²) in [4.78, 5) is 110. The predicted octanol–water partition coefficient (Wildman–Crippen LogP) is -1.80. The van der Waals surface area contributed by atoms with E-state index in [-0.39, 0.29) is 0 Å². The van der Waals surface area contributed by atoms with Crippen molar-refractivity contribution >= 4 is 53.7 Å². The smallest absolute Gasteiger partial charge is 0.303 e. The van der Waals surface area contributed by atoms with Gasteiger partial charge in [0.1, 0.15) is 24.9 Å². The fourth-order valence-corrected chi connectivity index (χ4v) is 6.33. The molecule has 0 aromatic heterocycles. The van der Waals surface area contributed by atoms with Crippen LogP contribution in [0, 0.1) is 0 Å². The van der Waals surface area contributed by atoms with Crippen molar-refractivity contribution in [1.82, 2.24) is 0 Å². The number of carbonyl (C=O) groups is 9. The molecule has 59 heavy (non-hydrogen) atoms. The molecule has 3 rings (SSSR count). The van der Waals surface area contributed by atoms with E-state index in [1.165, 1.54) is 0 Å². The third-order valence-electron chi connectivity index (χ3n) is 8.18. The Kier molecular flexibility index (Phi) is 17.9. The second kappa shape index (κ2) is 21.8. The molecule has 0 bridgehead atoms. The lowest BCUT2D eigenvalue weighted by atomic mass is 9.96. The normalized spacial score (nSPS) is 32.8. The van der Waals surface area contributed by atoms with Gasteiger partial charge in [-0.3, -0.25) is 43.2 Å². The average Bonchev–Trinajstić information content (AvgIpc) is 3.08. The van der Waals surface area contributed by atoms with Crippen LogP contribution in [-0.2, 0) is 109 Å². The van der Waals surface area contributed by atoms with Crippen molar-refractivity contribution in [2.75, 3.05) is 19.8 Å². The number of hydrogen-bond donors (Lipinski definition) is 1. The predicted molar refractivity (Wildman–Crippen MR) is 181 cm³/mol. The second-order valence-electron chi connectivity index (χ2n) is 13.2. The van der Waals surface area contributed by atoms with E-state index in [9.17, 15) is 48.3 Å². The van der Waals surface area contributed by atoms with E-state index < -0.39 is 160 Å². The van der Waals surface area contributed by atoms with Crippen LogP contribution in [-0.4, -0.2) is 165 Å². The van der Waals surface area contributed by atoms with Gasteiger partial charge in [0.2, 0.25) is 0 Å². The molecule has 332 valence electrons. The van der Waals surface area contributed by atoms with Gasteiger partial charge in [0.05, 0.1) is 13.2 Å². The van der Waals surface area contributed by atoms with Crippen molar-refractivity contribution in [1.29, 1.82) is 0 Å². The van der Waals surface area contributed by atoms with Crippen LogP contribution in [0.25, 0.3) is 0 Å². The molecule has 0 spiro atoms. The average molecular weight is 853 g/mol. The highest BCUT2D eigenvalue weighted by Gasteiger charge is 2.58. The Morgan fingerprint density at radius 3 is 1.34 bits per heavy atom. The molecule has 3 heterocycles. The lowest BCUT2D eigenvalue weighted by Gasteiger charge is -2.48. The maximum Gasteiger partial charge on any atom is 0.303 e. The van der Waals surface area contributed by atoms with Crippen molar-refractivity contribution in [2.45, 2.75) is 148 Å². The minimum Gasteiger partial charge on any atom is -0.463 e. The van der Waals surface area contributed by atoms with Gasteiger partial charge >= 0.3 is 53.7 Å². The number of rotatable bonds is 15. The fraction of sp³-hybridized carbons (Fsp3) is 0.743. The first-order valence-electron chi connectivity index (χ1n) is 18.0. The Labute approximate surface area is 336 Å². The van der Waals surface area contributed by atoms with Crippen molar-refractivity contribution in [2.24, 2.45) is 0 Å². The maximum absolute atomic E-state index is 12.6. The third-order valence-corrected chi connectivity index (χ3v) is 8.18. The van der Waals surface area contributed by atoms with E-state index in [1.807, 2.05) is 0 Å². The van der Waals surface area contributed by atoms with Gasteiger partial charge in [-0.05, 0) is 0 Å². The summed E-state index contributed by atoms with van der Waals surface area (Å²) in [6.45, 7) is 7.25. The topological polar surface area (TPSA) is 303 Å². The van der Waals surface area contributed by atoms with Crippen LogP contribution in [0.2, 0.25) is 0 Å². The molecule has 0 aliphatic carbocycles. The Morgan fingerprint density at radius 1 is 0.441 bits per heavy atom. The SMILES string of the molecule is CC(=O)OC[C@H]1O[C@@H](O)[C@H](OC(C)=O)[C@@H](OC(C)=O)[C@@H]1O[C@@H]1O[C@H](CO[C@H]2OC[C@@H](OC(C)=O)[C@H](OC(C)=O)[C@H]2OC(C)=O)[C@@H](OC(C)=O)[C@H](OC(C)=O)[C@H]1OC(C)=O. The number of ether oxygens (including phenoxy) is 14. The monoisotopic (exact) mass is 852 g/mol. The first-order chi connectivity index (χ1) is 27.6. The van der Waals surface area contributed by atoms with Crippen molar-refractivity contribution in [3.8, 4) is 0 Å². The highest BCUT2D eigenvalue weighted by molar-refractivity contribution is 5.70. The van der Waals surface area contributed by atoms with E-state index in [2.05, 4.69) is 0 Å². The van der Waals surface area contributed by atoms with Crippen LogP contribution in [0.15, 0.2) is 0 Å². The summed E-state index contributed by atoms with van der Waals surface area (Å²) < 4.78 is 77.9. The molecular weight excluding hydrogens is 804 g/mol. The van der Waals surface area contributed by atoms with E-state index in [4.69, 9.17) is 66.3 Å². The number of hydrogen-bond acceptors (Lipinski definition) is 24. The molecule has 3 aliphatic rings. The van der Waals surface area contributed by atoms with E-state index in [1.54, 1.807) is 0 Å². The molecule has 1 N–H and O–H groups in total. The van der Waals surface area contributed by atoms with Crippen LogP contribution in [0.3, 0.4) is 0 Å². The van der Waals surface area contributed by atoms with Gasteiger partial charge in [0, 0.05) is 62.3 Å². The van der Waals surface area contributed by atoms with Gasteiger partial charge in [0.15, 0.2) is 67.7 Å². The van der Waals surface area contributed by atoms with Crippen LogP contribution < -0.4 is 0 Å². The van der Waals surface area contributed by atoms with Crippen LogP contribution in [0.4, 0.5) is 0 Å².